The molecule has 160 valence electrons. The first kappa shape index (κ1) is 22.1. The minimum atomic E-state index is -3.73. The number of nitrogens with zero attached hydrogens (tertiary/aromatic N) is 3. The monoisotopic (exact) mass is 535 g/mol. The molecule has 0 unspecified atom stereocenters. The second-order valence-corrected chi connectivity index (χ2v) is 12.0. The van der Waals surface area contributed by atoms with Crippen molar-refractivity contribution < 1.29 is 22.7 Å². The molecule has 1 amide bonds. The molecule has 0 aromatic carbocycles. The average molecular weight is 535 g/mol. The van der Waals surface area contributed by atoms with Crippen molar-refractivity contribution in [1.29, 1.82) is 0 Å². The van der Waals surface area contributed by atoms with E-state index in [9.17, 15) is 13.2 Å². The van der Waals surface area contributed by atoms with Crippen LogP contribution >= 0.6 is 22.6 Å². The second-order valence-electron chi connectivity index (χ2n) is 8.44. The van der Waals surface area contributed by atoms with Gasteiger partial charge in [0.05, 0.1) is 18.1 Å². The van der Waals surface area contributed by atoms with Crippen molar-refractivity contribution in [1.82, 2.24) is 14.3 Å². The molecule has 29 heavy (non-hydrogen) atoms. The summed E-state index contributed by atoms with van der Waals surface area (Å²) in [6.07, 6.45) is 3.47. The quantitative estimate of drug-likeness (QED) is 0.559. The summed E-state index contributed by atoms with van der Waals surface area (Å²) >= 11 is 2.11. The van der Waals surface area contributed by atoms with Crippen LogP contribution in [0.4, 0.5) is 4.79 Å². The lowest BCUT2D eigenvalue weighted by Crippen LogP contribution is -2.50. The number of halogens is 1. The maximum Gasteiger partial charge on any atom is 0.410 e. The largest absolute Gasteiger partial charge is 0.495 e. The molecule has 0 atom stereocenters. The number of sulfone groups is 1. The first-order chi connectivity index (χ1) is 13.4. The third-order valence-electron chi connectivity index (χ3n) is 5.16. The topological polar surface area (TPSA) is 90.2 Å². The summed E-state index contributed by atoms with van der Waals surface area (Å²) in [5.41, 5.74) is 0.0318. The SMILES string of the molecule is COc1cc2ncc(I)n2cc1S(=O)(=O)C1(C)CCN(C(=O)OC(C)(C)C)CC1. The van der Waals surface area contributed by atoms with Crippen LogP contribution in [0, 0.1) is 3.70 Å². The fraction of sp³-hybridized carbons (Fsp3) is 0.579. The zero-order valence-electron chi connectivity index (χ0n) is 17.2. The van der Waals surface area contributed by atoms with E-state index in [-0.39, 0.29) is 10.6 Å². The predicted octanol–water partition coefficient (Wildman–Crippen LogP) is 3.51. The zero-order valence-corrected chi connectivity index (χ0v) is 20.2. The Morgan fingerprint density at radius 2 is 1.90 bits per heavy atom. The van der Waals surface area contributed by atoms with Gasteiger partial charge in [-0.1, -0.05) is 0 Å². The highest BCUT2D eigenvalue weighted by atomic mass is 127. The number of methoxy groups -OCH3 is 1. The fourth-order valence-electron chi connectivity index (χ4n) is 3.34. The van der Waals surface area contributed by atoms with Crippen molar-refractivity contribution >= 4 is 44.2 Å². The molecule has 8 nitrogen and oxygen atoms in total. The number of hydrogen-bond acceptors (Lipinski definition) is 6. The Morgan fingerprint density at radius 3 is 2.45 bits per heavy atom. The van der Waals surface area contributed by atoms with E-state index < -0.39 is 26.3 Å². The van der Waals surface area contributed by atoms with Crippen LogP contribution in [-0.4, -0.2) is 59.3 Å². The number of imidazole rings is 1. The molecule has 3 heterocycles. The molecule has 0 radical (unpaired) electrons. The Balaban J connectivity index is 1.89. The van der Waals surface area contributed by atoms with E-state index in [4.69, 9.17) is 9.47 Å². The zero-order chi connectivity index (χ0) is 21.6. The molecule has 2 aromatic heterocycles. The van der Waals surface area contributed by atoms with Crippen LogP contribution in [0.2, 0.25) is 0 Å². The summed E-state index contributed by atoms with van der Waals surface area (Å²) in [5.74, 6) is 0.273. The number of fused-ring (bicyclic) bond motifs is 1. The number of ether oxygens (including phenoxy) is 2. The van der Waals surface area contributed by atoms with Crippen LogP contribution in [0.25, 0.3) is 5.65 Å². The van der Waals surface area contributed by atoms with Crippen molar-refractivity contribution in [2.75, 3.05) is 20.2 Å². The molecule has 1 saturated heterocycles. The van der Waals surface area contributed by atoms with E-state index in [1.807, 2.05) is 20.8 Å². The normalized spacial score (nSPS) is 17.4. The van der Waals surface area contributed by atoms with E-state index in [0.29, 0.717) is 31.6 Å². The first-order valence-corrected chi connectivity index (χ1v) is 11.9. The molecule has 1 fully saturated rings. The Kier molecular flexibility index (Phi) is 5.80. The number of rotatable bonds is 3. The Bertz CT molecular complexity index is 1030. The highest BCUT2D eigenvalue weighted by Crippen LogP contribution is 2.39. The van der Waals surface area contributed by atoms with Gasteiger partial charge in [0.15, 0.2) is 9.84 Å². The van der Waals surface area contributed by atoms with Crippen molar-refractivity contribution in [3.05, 3.63) is 22.2 Å². The number of likely N-dealkylation sites (tertiary alicyclic amines) is 1. The smallest absolute Gasteiger partial charge is 0.410 e. The van der Waals surface area contributed by atoms with Crippen LogP contribution in [0.15, 0.2) is 23.4 Å². The van der Waals surface area contributed by atoms with Crippen LogP contribution in [0.1, 0.15) is 40.5 Å². The van der Waals surface area contributed by atoms with Gasteiger partial charge in [0.2, 0.25) is 0 Å². The van der Waals surface area contributed by atoms with Crippen molar-refractivity contribution in [2.24, 2.45) is 0 Å². The third kappa shape index (κ3) is 4.18. The molecule has 10 heteroatoms. The molecular formula is C19H26IN3O5S. The third-order valence-corrected chi connectivity index (χ3v) is 8.55. The Labute approximate surface area is 184 Å². The number of aromatic nitrogens is 2. The molecular weight excluding hydrogens is 509 g/mol. The number of hydrogen-bond donors (Lipinski definition) is 0. The Hall–Kier alpha value is -1.56. The van der Waals surface area contributed by atoms with Gasteiger partial charge in [-0.15, -0.1) is 0 Å². The average Bonchev–Trinajstić information content (AvgIpc) is 2.99. The van der Waals surface area contributed by atoms with E-state index >= 15 is 0 Å². The van der Waals surface area contributed by atoms with E-state index in [1.165, 1.54) is 7.11 Å². The van der Waals surface area contributed by atoms with Gasteiger partial charge in [-0.3, -0.25) is 4.40 Å². The highest BCUT2D eigenvalue weighted by Gasteiger charge is 2.45. The van der Waals surface area contributed by atoms with Crippen LogP contribution in [-0.2, 0) is 14.6 Å². The molecule has 0 N–H and O–H groups in total. The number of pyridine rings is 1. The van der Waals surface area contributed by atoms with Gasteiger partial charge in [0, 0.05) is 25.4 Å². The van der Waals surface area contributed by atoms with Gasteiger partial charge in [-0.25, -0.2) is 18.2 Å². The number of carbonyl (C=O) groups excluding carboxylic acids is 1. The molecule has 3 rings (SSSR count). The summed E-state index contributed by atoms with van der Waals surface area (Å²) < 4.78 is 39.6. The lowest BCUT2D eigenvalue weighted by Gasteiger charge is -2.39. The number of amides is 1. The summed E-state index contributed by atoms with van der Waals surface area (Å²) in [4.78, 5) is 18.3. The molecule has 0 bridgehead atoms. The van der Waals surface area contributed by atoms with Crippen molar-refractivity contribution in [2.45, 2.75) is 55.8 Å². The second kappa shape index (κ2) is 7.60. The minimum Gasteiger partial charge on any atom is -0.495 e. The van der Waals surface area contributed by atoms with Crippen LogP contribution in [0.5, 0.6) is 5.75 Å². The van der Waals surface area contributed by atoms with Gasteiger partial charge in [-0.2, -0.15) is 0 Å². The van der Waals surface area contributed by atoms with Crippen molar-refractivity contribution in [3.63, 3.8) is 0 Å². The van der Waals surface area contributed by atoms with Crippen LogP contribution < -0.4 is 4.74 Å². The molecule has 0 spiro atoms. The molecule has 0 aliphatic carbocycles. The van der Waals surface area contributed by atoms with Gasteiger partial charge in [0.25, 0.3) is 0 Å². The Morgan fingerprint density at radius 1 is 1.28 bits per heavy atom. The van der Waals surface area contributed by atoms with Crippen molar-refractivity contribution in [3.8, 4) is 5.75 Å². The number of piperidine rings is 1. The molecule has 0 saturated carbocycles. The minimum absolute atomic E-state index is 0.136. The lowest BCUT2D eigenvalue weighted by atomic mass is 9.98. The van der Waals surface area contributed by atoms with Gasteiger partial charge in [-0.05, 0) is 63.1 Å². The summed E-state index contributed by atoms with van der Waals surface area (Å²) in [6, 6.07) is 1.63. The first-order valence-electron chi connectivity index (χ1n) is 9.31. The molecule has 2 aromatic rings. The van der Waals surface area contributed by atoms with Gasteiger partial charge >= 0.3 is 6.09 Å². The van der Waals surface area contributed by atoms with Gasteiger partial charge in [0.1, 0.15) is 25.6 Å². The predicted molar refractivity (Wildman–Crippen MR) is 117 cm³/mol. The summed E-state index contributed by atoms with van der Waals surface area (Å²) in [7, 11) is -2.28. The van der Waals surface area contributed by atoms with E-state index in [2.05, 4.69) is 27.6 Å². The summed E-state index contributed by atoms with van der Waals surface area (Å²) in [5, 5.41) is 0. The molecule has 1 aliphatic heterocycles. The van der Waals surface area contributed by atoms with Crippen LogP contribution in [0.3, 0.4) is 0 Å². The number of carbonyl (C=O) groups is 1. The maximum atomic E-state index is 13.6. The summed E-state index contributed by atoms with van der Waals surface area (Å²) in [6.45, 7) is 7.79. The lowest BCUT2D eigenvalue weighted by molar-refractivity contribution is 0.0198. The van der Waals surface area contributed by atoms with E-state index in [0.717, 1.165) is 3.70 Å². The molecule has 1 aliphatic rings. The fourth-order valence-corrected chi connectivity index (χ4v) is 5.77. The maximum absolute atomic E-state index is 13.6. The highest BCUT2D eigenvalue weighted by molar-refractivity contribution is 14.1. The van der Waals surface area contributed by atoms with Gasteiger partial charge < -0.3 is 14.4 Å². The standard InChI is InChI=1S/C19H26IN3O5S/c1-18(2,3)28-17(24)22-8-6-19(4,7-9-22)29(25,26)14-12-23-15(20)11-21-16(23)10-13(14)27-5/h10-12H,6-9H2,1-5H3. The van der Waals surface area contributed by atoms with E-state index in [1.54, 1.807) is 34.7 Å².